The molecular weight excluding hydrogens is 206 g/mol. The third kappa shape index (κ3) is 1.95. The predicted octanol–water partition coefficient (Wildman–Crippen LogP) is 0.286. The molecule has 0 unspecified atom stereocenters. The topological polar surface area (TPSA) is 56.1 Å². The van der Waals surface area contributed by atoms with Gasteiger partial charge in [-0.1, -0.05) is 0 Å². The summed E-state index contributed by atoms with van der Waals surface area (Å²) >= 11 is 0. The van der Waals surface area contributed by atoms with Crippen molar-refractivity contribution in [1.82, 2.24) is 14.9 Å². The normalized spacial score (nSPS) is 24.6. The zero-order chi connectivity index (χ0) is 11.5. The summed E-state index contributed by atoms with van der Waals surface area (Å²) in [7, 11) is 1.95. The first-order chi connectivity index (χ1) is 7.74. The summed E-state index contributed by atoms with van der Waals surface area (Å²) in [4.78, 5) is 15.9. The Labute approximate surface area is 94.8 Å². The summed E-state index contributed by atoms with van der Waals surface area (Å²) in [5.74, 6) is -0.0272. The highest BCUT2D eigenvalue weighted by molar-refractivity contribution is 5.74. The van der Waals surface area contributed by atoms with E-state index in [1.165, 1.54) is 0 Å². The van der Waals surface area contributed by atoms with Crippen molar-refractivity contribution in [3.8, 4) is 0 Å². The van der Waals surface area contributed by atoms with E-state index < -0.39 is 0 Å². The van der Waals surface area contributed by atoms with Gasteiger partial charge in [-0.05, 0) is 6.92 Å². The third-order valence-electron chi connectivity index (χ3n) is 3.04. The number of hydrogen-bond donors (Lipinski definition) is 1. The number of hydrogen-bond acceptors (Lipinski definition) is 4. The lowest BCUT2D eigenvalue weighted by molar-refractivity contribution is -0.147. The fourth-order valence-corrected chi connectivity index (χ4v) is 2.21. The molecule has 0 bridgehead atoms. The summed E-state index contributed by atoms with van der Waals surface area (Å²) in [5.41, 5.74) is 1.09. The lowest BCUT2D eigenvalue weighted by atomic mass is 9.93. The van der Waals surface area contributed by atoms with Crippen LogP contribution < -0.4 is 5.32 Å². The van der Waals surface area contributed by atoms with E-state index in [2.05, 4.69) is 10.3 Å². The van der Waals surface area contributed by atoms with Gasteiger partial charge in [-0.3, -0.25) is 4.79 Å². The molecule has 0 aromatic carbocycles. The van der Waals surface area contributed by atoms with Gasteiger partial charge in [0.25, 0.3) is 0 Å². The third-order valence-corrected chi connectivity index (χ3v) is 3.04. The number of nitrogens with one attached hydrogen (secondary N) is 1. The monoisotopic (exact) mass is 223 g/mol. The van der Waals surface area contributed by atoms with E-state index >= 15 is 0 Å². The van der Waals surface area contributed by atoms with Crippen LogP contribution in [-0.4, -0.2) is 35.2 Å². The molecule has 1 aromatic heterocycles. The summed E-state index contributed by atoms with van der Waals surface area (Å²) < 4.78 is 7.05. The van der Waals surface area contributed by atoms with Gasteiger partial charge in [0.1, 0.15) is 0 Å². The van der Waals surface area contributed by atoms with Crippen molar-refractivity contribution in [1.29, 1.82) is 0 Å². The minimum atomic E-state index is -0.112. The lowest BCUT2D eigenvalue weighted by Crippen LogP contribution is -2.25. The van der Waals surface area contributed by atoms with E-state index in [1.54, 1.807) is 6.33 Å². The quantitative estimate of drug-likeness (QED) is 0.748. The highest BCUT2D eigenvalue weighted by Gasteiger charge is 2.36. The van der Waals surface area contributed by atoms with Crippen LogP contribution in [0.15, 0.2) is 12.5 Å². The predicted molar refractivity (Wildman–Crippen MR) is 58.9 cm³/mol. The van der Waals surface area contributed by atoms with Crippen LogP contribution in [0.25, 0.3) is 0 Å². The first-order valence-corrected chi connectivity index (χ1v) is 5.57. The fraction of sp³-hybridized carbons (Fsp3) is 0.636. The SMILES string of the molecule is CCOC(=O)[C@@H]1CNC[C@H]1c1cncn1C. The Morgan fingerprint density at radius 2 is 2.50 bits per heavy atom. The highest BCUT2D eigenvalue weighted by atomic mass is 16.5. The van der Waals surface area contributed by atoms with Crippen molar-refractivity contribution in [2.75, 3.05) is 19.7 Å². The van der Waals surface area contributed by atoms with E-state index in [9.17, 15) is 4.79 Å². The summed E-state index contributed by atoms with van der Waals surface area (Å²) in [6.07, 6.45) is 3.58. The molecule has 1 saturated heterocycles. The molecule has 5 heteroatoms. The molecule has 2 rings (SSSR count). The second-order valence-electron chi connectivity index (χ2n) is 4.05. The van der Waals surface area contributed by atoms with Crippen LogP contribution in [-0.2, 0) is 16.6 Å². The Morgan fingerprint density at radius 3 is 3.12 bits per heavy atom. The molecular formula is C11H17N3O2. The van der Waals surface area contributed by atoms with Crippen molar-refractivity contribution in [2.24, 2.45) is 13.0 Å². The minimum Gasteiger partial charge on any atom is -0.466 e. The van der Waals surface area contributed by atoms with Crippen LogP contribution in [0.2, 0.25) is 0 Å². The molecule has 1 N–H and O–H groups in total. The zero-order valence-electron chi connectivity index (χ0n) is 9.64. The summed E-state index contributed by atoms with van der Waals surface area (Å²) in [6.45, 7) is 3.77. The van der Waals surface area contributed by atoms with Gasteiger partial charge in [-0.25, -0.2) is 4.98 Å². The highest BCUT2D eigenvalue weighted by Crippen LogP contribution is 2.28. The van der Waals surface area contributed by atoms with E-state index in [1.807, 2.05) is 24.7 Å². The van der Waals surface area contributed by atoms with Gasteiger partial charge >= 0.3 is 5.97 Å². The van der Waals surface area contributed by atoms with Crippen LogP contribution in [0.5, 0.6) is 0 Å². The molecule has 5 nitrogen and oxygen atoms in total. The molecule has 1 aromatic rings. The lowest BCUT2D eigenvalue weighted by Gasteiger charge is -2.17. The van der Waals surface area contributed by atoms with Crippen molar-refractivity contribution in [3.63, 3.8) is 0 Å². The Balaban J connectivity index is 2.15. The van der Waals surface area contributed by atoms with Gasteiger partial charge in [0.2, 0.25) is 0 Å². The number of carbonyl (C=O) groups is 1. The Hall–Kier alpha value is -1.36. The van der Waals surface area contributed by atoms with Gasteiger partial charge in [-0.2, -0.15) is 0 Å². The zero-order valence-corrected chi connectivity index (χ0v) is 9.64. The number of esters is 1. The molecule has 1 fully saturated rings. The van der Waals surface area contributed by atoms with Crippen molar-refractivity contribution < 1.29 is 9.53 Å². The number of nitrogens with zero attached hydrogens (tertiary/aromatic N) is 2. The van der Waals surface area contributed by atoms with Crippen LogP contribution in [0, 0.1) is 5.92 Å². The molecule has 0 aliphatic carbocycles. The Morgan fingerprint density at radius 1 is 1.69 bits per heavy atom. The molecule has 0 saturated carbocycles. The van der Waals surface area contributed by atoms with Crippen molar-refractivity contribution in [3.05, 3.63) is 18.2 Å². The molecule has 88 valence electrons. The molecule has 2 heterocycles. The molecule has 1 aliphatic heterocycles. The maximum atomic E-state index is 11.8. The number of carbonyl (C=O) groups excluding carboxylic acids is 1. The molecule has 0 spiro atoms. The van der Waals surface area contributed by atoms with Crippen molar-refractivity contribution >= 4 is 5.97 Å². The number of rotatable bonds is 3. The second kappa shape index (κ2) is 4.65. The van der Waals surface area contributed by atoms with Gasteiger partial charge in [0, 0.05) is 37.9 Å². The second-order valence-corrected chi connectivity index (χ2v) is 4.05. The van der Waals surface area contributed by atoms with Crippen LogP contribution >= 0.6 is 0 Å². The molecule has 0 amide bonds. The van der Waals surface area contributed by atoms with Crippen LogP contribution in [0.1, 0.15) is 18.5 Å². The average Bonchev–Trinajstić information content (AvgIpc) is 2.85. The van der Waals surface area contributed by atoms with Crippen LogP contribution in [0.4, 0.5) is 0 Å². The van der Waals surface area contributed by atoms with Gasteiger partial charge in [0.15, 0.2) is 0 Å². The van der Waals surface area contributed by atoms with E-state index in [0.717, 1.165) is 12.2 Å². The van der Waals surface area contributed by atoms with Crippen LogP contribution in [0.3, 0.4) is 0 Å². The van der Waals surface area contributed by atoms with E-state index in [4.69, 9.17) is 4.74 Å². The standard InChI is InChI=1S/C11H17N3O2/c1-3-16-11(15)9-5-12-4-8(9)10-6-13-7-14(10)2/h6-9,12H,3-5H2,1-2H3/t8-,9-/m1/s1. The number of imidazole rings is 1. The summed E-state index contributed by atoms with van der Waals surface area (Å²) in [5, 5.41) is 3.24. The van der Waals surface area contributed by atoms with Gasteiger partial charge in [-0.15, -0.1) is 0 Å². The number of aromatic nitrogens is 2. The molecule has 1 aliphatic rings. The van der Waals surface area contributed by atoms with Gasteiger partial charge in [0.05, 0.1) is 18.9 Å². The Bertz CT molecular complexity index is 375. The van der Waals surface area contributed by atoms with Crippen molar-refractivity contribution in [2.45, 2.75) is 12.8 Å². The molecule has 0 radical (unpaired) electrons. The maximum Gasteiger partial charge on any atom is 0.310 e. The Kier molecular flexibility index (Phi) is 3.24. The maximum absolute atomic E-state index is 11.8. The number of aryl methyl sites for hydroxylation is 1. The van der Waals surface area contributed by atoms with Gasteiger partial charge < -0.3 is 14.6 Å². The number of ether oxygens (including phenoxy) is 1. The van der Waals surface area contributed by atoms with E-state index in [0.29, 0.717) is 13.2 Å². The molecule has 16 heavy (non-hydrogen) atoms. The van der Waals surface area contributed by atoms with E-state index in [-0.39, 0.29) is 17.8 Å². The largest absolute Gasteiger partial charge is 0.466 e. The first-order valence-electron chi connectivity index (χ1n) is 5.57. The summed E-state index contributed by atoms with van der Waals surface area (Å²) in [6, 6.07) is 0. The average molecular weight is 223 g/mol. The molecule has 2 atom stereocenters. The smallest absolute Gasteiger partial charge is 0.310 e. The first kappa shape index (κ1) is 11.1. The minimum absolute atomic E-state index is 0.0876. The fourth-order valence-electron chi connectivity index (χ4n) is 2.21.